The van der Waals surface area contributed by atoms with Crippen LogP contribution in [0.15, 0.2) is 88.7 Å². The minimum Gasteiger partial charge on any atom is -0.748 e. The van der Waals surface area contributed by atoms with E-state index in [1.807, 2.05) is 49.4 Å². The fourth-order valence-corrected chi connectivity index (χ4v) is 7.31. The molecule has 0 amide bonds. The molecule has 2 unspecified atom stereocenters. The molecule has 4 aromatic rings. The molecule has 10 nitrogen and oxygen atoms in total. The second kappa shape index (κ2) is 10.9. The molecule has 224 valence electrons. The summed E-state index contributed by atoms with van der Waals surface area (Å²) in [5.74, 6) is 0.702. The number of nitrogens with zero attached hydrogens (tertiary/aromatic N) is 2. The third kappa shape index (κ3) is 5.74. The van der Waals surface area contributed by atoms with Gasteiger partial charge in [-0.15, -0.1) is 0 Å². The molecular formula is C30H28ClN2O8S2+. The number of quaternary nitrogens is 1. The third-order valence-electron chi connectivity index (χ3n) is 7.74. The number of benzene rings is 3. The number of ether oxygens (including phenoxy) is 1. The van der Waals surface area contributed by atoms with Crippen molar-refractivity contribution in [1.29, 1.82) is 0 Å². The van der Waals surface area contributed by atoms with Gasteiger partial charge in [0.15, 0.2) is 24.5 Å². The second-order valence-electron chi connectivity index (χ2n) is 10.5. The molecule has 0 bridgehead atoms. The molecule has 1 spiro atoms. The summed E-state index contributed by atoms with van der Waals surface area (Å²) >= 11 is 6.22. The van der Waals surface area contributed by atoms with Crippen LogP contribution < -0.4 is 13.8 Å². The maximum Gasteiger partial charge on any atom is 0.374 e. The Hall–Kier alpha value is -3.52. The number of allylic oxidation sites excluding steroid dienone is 2. The van der Waals surface area contributed by atoms with Gasteiger partial charge < -0.3 is 13.7 Å². The molecule has 0 radical (unpaired) electrons. The van der Waals surface area contributed by atoms with E-state index in [-0.39, 0.29) is 24.0 Å². The van der Waals surface area contributed by atoms with Gasteiger partial charge in [-0.1, -0.05) is 54.9 Å². The molecule has 0 saturated carbocycles. The lowest BCUT2D eigenvalue weighted by Gasteiger charge is -2.12. The summed E-state index contributed by atoms with van der Waals surface area (Å²) in [6.45, 7) is 2.21. The molecule has 2 aliphatic rings. The van der Waals surface area contributed by atoms with Crippen molar-refractivity contribution < 1.29 is 39.7 Å². The average Bonchev–Trinajstić information content (AvgIpc) is 3.56. The van der Waals surface area contributed by atoms with Crippen molar-refractivity contribution in [3.8, 4) is 16.9 Å². The minimum absolute atomic E-state index is 0.0687. The SMILES string of the molecule is CCC(=Cc1oc2ccc(Cl)cc2[n+]1CCCS(=O)(=O)[O-])C=C1Oc2ccc(-c3ccccc3)cc2[N+]12CC2S(=O)(=O)O. The van der Waals surface area contributed by atoms with Crippen molar-refractivity contribution in [2.45, 2.75) is 31.7 Å². The Balaban J connectivity index is 1.43. The first-order valence-corrected chi connectivity index (χ1v) is 17.0. The van der Waals surface area contributed by atoms with Crippen molar-refractivity contribution in [1.82, 2.24) is 4.48 Å². The fraction of sp³-hybridized carbons (Fsp3) is 0.233. The Labute approximate surface area is 254 Å². The van der Waals surface area contributed by atoms with Gasteiger partial charge in [-0.25, -0.2) is 8.42 Å². The maximum absolute atomic E-state index is 12.4. The fourth-order valence-electron chi connectivity index (χ4n) is 5.56. The van der Waals surface area contributed by atoms with Gasteiger partial charge in [-0.05, 0) is 41.3 Å². The van der Waals surface area contributed by atoms with E-state index in [9.17, 15) is 25.9 Å². The summed E-state index contributed by atoms with van der Waals surface area (Å²) in [5, 5.41) is -0.653. The van der Waals surface area contributed by atoms with Gasteiger partial charge >= 0.3 is 21.9 Å². The lowest BCUT2D eigenvalue weighted by Crippen LogP contribution is -2.36. The topological polar surface area (TPSA) is 138 Å². The first-order valence-electron chi connectivity index (χ1n) is 13.6. The largest absolute Gasteiger partial charge is 0.748 e. The molecule has 1 N–H and O–H groups in total. The zero-order valence-electron chi connectivity index (χ0n) is 23.0. The molecular weight excluding hydrogens is 616 g/mol. The highest BCUT2D eigenvalue weighted by molar-refractivity contribution is 7.86. The Kier molecular flexibility index (Phi) is 7.48. The third-order valence-corrected chi connectivity index (χ3v) is 9.96. The van der Waals surface area contributed by atoms with Gasteiger partial charge in [0.05, 0.1) is 16.2 Å². The monoisotopic (exact) mass is 643 g/mol. The molecule has 3 aromatic carbocycles. The predicted molar refractivity (Wildman–Crippen MR) is 161 cm³/mol. The van der Waals surface area contributed by atoms with Crippen LogP contribution in [0.1, 0.15) is 25.7 Å². The van der Waals surface area contributed by atoms with Crippen molar-refractivity contribution in [2.75, 3.05) is 12.3 Å². The smallest absolute Gasteiger partial charge is 0.374 e. The Morgan fingerprint density at radius 1 is 1.09 bits per heavy atom. The highest BCUT2D eigenvalue weighted by Crippen LogP contribution is 2.56. The van der Waals surface area contributed by atoms with Gasteiger partial charge in [-0.3, -0.25) is 4.55 Å². The van der Waals surface area contributed by atoms with E-state index in [0.717, 1.165) is 16.7 Å². The Bertz CT molecular complexity index is 2020. The zero-order valence-corrected chi connectivity index (χ0v) is 25.4. The van der Waals surface area contributed by atoms with Crippen LogP contribution in [-0.2, 0) is 26.8 Å². The number of hydrogen-bond acceptors (Lipinski definition) is 7. The van der Waals surface area contributed by atoms with Crippen molar-refractivity contribution >= 4 is 54.7 Å². The maximum atomic E-state index is 12.4. The summed E-state index contributed by atoms with van der Waals surface area (Å²) < 4.78 is 82.5. The van der Waals surface area contributed by atoms with Crippen molar-refractivity contribution in [3.63, 3.8) is 0 Å². The van der Waals surface area contributed by atoms with Gasteiger partial charge in [0.1, 0.15) is 0 Å². The first-order chi connectivity index (χ1) is 20.4. The number of halogens is 1. The second-order valence-corrected chi connectivity index (χ2v) is 14.1. The highest BCUT2D eigenvalue weighted by Gasteiger charge is 2.72. The van der Waals surface area contributed by atoms with E-state index in [0.29, 0.717) is 45.8 Å². The molecule has 6 rings (SSSR count). The molecule has 13 heteroatoms. The van der Waals surface area contributed by atoms with E-state index in [1.165, 1.54) is 0 Å². The normalized spacial score (nSPS) is 21.0. The summed E-state index contributed by atoms with van der Waals surface area (Å²) in [6, 6.07) is 20.3. The molecule has 1 fully saturated rings. The van der Waals surface area contributed by atoms with E-state index >= 15 is 0 Å². The van der Waals surface area contributed by atoms with Crippen LogP contribution in [0.3, 0.4) is 0 Å². The van der Waals surface area contributed by atoms with Gasteiger partial charge in [-0.2, -0.15) is 17.5 Å². The average molecular weight is 644 g/mol. The van der Waals surface area contributed by atoms with Crippen LogP contribution in [0.4, 0.5) is 5.69 Å². The summed E-state index contributed by atoms with van der Waals surface area (Å²) in [5.41, 5.74) is 4.35. The molecule has 2 atom stereocenters. The number of aromatic nitrogens is 1. The van der Waals surface area contributed by atoms with E-state index < -0.39 is 31.4 Å². The molecule has 0 aliphatic carbocycles. The predicted octanol–water partition coefficient (Wildman–Crippen LogP) is 5.24. The zero-order chi connectivity index (χ0) is 30.6. The Morgan fingerprint density at radius 3 is 2.53 bits per heavy atom. The molecule has 1 aromatic heterocycles. The molecule has 2 aliphatic heterocycles. The van der Waals surface area contributed by atoms with Crippen LogP contribution >= 0.6 is 11.6 Å². The number of fused-ring (bicyclic) bond motifs is 3. The first kappa shape index (κ1) is 29.5. The summed E-state index contributed by atoms with van der Waals surface area (Å²) in [7, 11) is -8.80. The number of aryl methyl sites for hydroxylation is 1. The van der Waals surface area contributed by atoms with Gasteiger partial charge in [0.2, 0.25) is 5.58 Å². The van der Waals surface area contributed by atoms with Crippen molar-refractivity contribution in [2.24, 2.45) is 0 Å². The highest BCUT2D eigenvalue weighted by atomic mass is 35.5. The molecule has 43 heavy (non-hydrogen) atoms. The van der Waals surface area contributed by atoms with Gasteiger partial charge in [0.25, 0.3) is 10.9 Å². The van der Waals surface area contributed by atoms with Crippen LogP contribution in [0, 0.1) is 0 Å². The number of hydrogen-bond donors (Lipinski definition) is 1. The van der Waals surface area contributed by atoms with Crippen LogP contribution in [0.5, 0.6) is 5.75 Å². The van der Waals surface area contributed by atoms with E-state index in [4.69, 9.17) is 20.8 Å². The number of rotatable bonds is 9. The van der Waals surface area contributed by atoms with Gasteiger partial charge in [0, 0.05) is 35.4 Å². The quantitative estimate of drug-likeness (QED) is 0.113. The van der Waals surface area contributed by atoms with E-state index in [1.54, 1.807) is 41.0 Å². The number of oxazole rings is 1. The summed E-state index contributed by atoms with van der Waals surface area (Å²) in [6.07, 6.45) is 4.08. The minimum atomic E-state index is -4.40. The van der Waals surface area contributed by atoms with Crippen LogP contribution in [0.25, 0.3) is 28.3 Å². The Morgan fingerprint density at radius 2 is 1.86 bits per heavy atom. The summed E-state index contributed by atoms with van der Waals surface area (Å²) in [4.78, 5) is 0. The standard InChI is InChI=1S/C30H27ClN2O8S2/c1-2-20(15-28-32(13-6-14-42(34,35)36)24-18-23(31)10-12-26(24)40-28)16-29-33(19-30(33)43(37,38)39)25-17-22(9-11-27(25)41-29)21-7-4-3-5-8-21/h3-5,7-12,15-18,30H,2,6,13-14,19H2,1H3/p+1. The van der Waals surface area contributed by atoms with Crippen molar-refractivity contribution in [3.05, 3.63) is 95.2 Å². The lowest BCUT2D eigenvalue weighted by molar-refractivity contribution is -0.677. The van der Waals surface area contributed by atoms with Crippen LogP contribution in [0.2, 0.25) is 5.02 Å². The molecule has 3 heterocycles. The van der Waals surface area contributed by atoms with Crippen LogP contribution in [-0.4, -0.2) is 43.6 Å². The van der Waals surface area contributed by atoms with E-state index in [2.05, 4.69) is 0 Å². The molecule has 1 saturated heterocycles. The lowest BCUT2D eigenvalue weighted by atomic mass is 10.0.